The van der Waals surface area contributed by atoms with E-state index < -0.39 is 10.0 Å². The molecule has 0 bridgehead atoms. The number of hydrogen-bond acceptors (Lipinski definition) is 3. The fourth-order valence-electron chi connectivity index (χ4n) is 2.45. The van der Waals surface area contributed by atoms with Crippen LogP contribution in [0, 0.1) is 13.8 Å². The Hall–Kier alpha value is -2.18. The third-order valence-corrected chi connectivity index (χ3v) is 5.80. The van der Waals surface area contributed by atoms with Gasteiger partial charge in [-0.2, -0.15) is 0 Å². The minimum absolute atomic E-state index is 0.135. The quantitative estimate of drug-likeness (QED) is 0.861. The predicted octanol–water partition coefficient (Wildman–Crippen LogP) is 3.13. The maximum atomic E-state index is 12.2. The average Bonchev–Trinajstić information content (AvgIpc) is 2.55. The first-order valence-corrected chi connectivity index (χ1v) is 9.53. The summed E-state index contributed by atoms with van der Waals surface area (Å²) in [5.41, 5.74) is 3.62. The van der Waals surface area contributed by atoms with Crippen LogP contribution in [-0.4, -0.2) is 32.7 Å². The summed E-state index contributed by atoms with van der Waals surface area (Å²) in [7, 11) is -0.567. The van der Waals surface area contributed by atoms with E-state index in [1.807, 2.05) is 32.0 Å². The number of anilines is 1. The number of benzene rings is 2. The zero-order chi connectivity index (χ0) is 18.6. The van der Waals surface area contributed by atoms with Crippen molar-refractivity contribution in [2.45, 2.75) is 31.6 Å². The van der Waals surface area contributed by atoms with Crippen molar-refractivity contribution < 1.29 is 13.2 Å². The summed E-state index contributed by atoms with van der Waals surface area (Å²) in [6, 6.07) is 12.8. The minimum Gasteiger partial charge on any atom is -0.326 e. The Labute approximate surface area is 149 Å². The van der Waals surface area contributed by atoms with E-state index in [0.29, 0.717) is 18.5 Å². The van der Waals surface area contributed by atoms with Gasteiger partial charge in [-0.25, -0.2) is 12.7 Å². The summed E-state index contributed by atoms with van der Waals surface area (Å²) in [6.45, 7) is 3.85. The minimum atomic E-state index is -3.53. The van der Waals surface area contributed by atoms with Crippen LogP contribution < -0.4 is 5.32 Å². The number of amides is 1. The Morgan fingerprint density at radius 3 is 2.44 bits per heavy atom. The van der Waals surface area contributed by atoms with E-state index in [2.05, 4.69) is 11.4 Å². The highest BCUT2D eigenvalue weighted by Gasteiger charge is 2.18. The first-order valence-electron chi connectivity index (χ1n) is 8.09. The molecule has 2 aromatic rings. The third kappa shape index (κ3) is 4.90. The lowest BCUT2D eigenvalue weighted by Gasteiger charge is -2.14. The van der Waals surface area contributed by atoms with Gasteiger partial charge in [0.25, 0.3) is 0 Å². The molecule has 1 amide bonds. The first-order chi connectivity index (χ1) is 11.7. The van der Waals surface area contributed by atoms with E-state index in [-0.39, 0.29) is 10.8 Å². The zero-order valence-corrected chi connectivity index (χ0v) is 15.9. The van der Waals surface area contributed by atoms with Gasteiger partial charge in [0.1, 0.15) is 0 Å². The van der Waals surface area contributed by atoms with E-state index in [9.17, 15) is 13.2 Å². The van der Waals surface area contributed by atoms with Crippen LogP contribution in [0.2, 0.25) is 0 Å². The Morgan fingerprint density at radius 1 is 1.08 bits per heavy atom. The van der Waals surface area contributed by atoms with Crippen molar-refractivity contribution in [2.75, 3.05) is 19.4 Å². The summed E-state index contributed by atoms with van der Waals surface area (Å²) >= 11 is 0. The van der Waals surface area contributed by atoms with E-state index in [0.717, 1.165) is 21.0 Å². The number of hydrogen-bond donors (Lipinski definition) is 1. The maximum absolute atomic E-state index is 12.2. The second kappa shape index (κ2) is 7.80. The number of carbonyl (C=O) groups excluding carboxylic acids is 1. The maximum Gasteiger partial charge on any atom is 0.242 e. The Kier molecular flexibility index (Phi) is 5.98. The van der Waals surface area contributed by atoms with Crippen LogP contribution >= 0.6 is 0 Å². The molecule has 0 aliphatic rings. The number of rotatable bonds is 6. The molecule has 0 saturated carbocycles. The van der Waals surface area contributed by atoms with Crippen molar-refractivity contribution in [3.8, 4) is 0 Å². The monoisotopic (exact) mass is 360 g/mol. The van der Waals surface area contributed by atoms with Crippen LogP contribution in [-0.2, 0) is 21.2 Å². The lowest BCUT2D eigenvalue weighted by molar-refractivity contribution is -0.116. The molecule has 0 fully saturated rings. The van der Waals surface area contributed by atoms with Gasteiger partial charge in [0.05, 0.1) is 4.90 Å². The molecule has 0 saturated heterocycles. The van der Waals surface area contributed by atoms with Gasteiger partial charge in [-0.1, -0.05) is 35.9 Å². The van der Waals surface area contributed by atoms with Gasteiger partial charge < -0.3 is 5.32 Å². The molecular weight excluding hydrogens is 336 g/mol. The molecule has 134 valence electrons. The molecular formula is C19H24N2O3S. The highest BCUT2D eigenvalue weighted by Crippen LogP contribution is 2.22. The zero-order valence-electron chi connectivity index (χ0n) is 15.0. The van der Waals surface area contributed by atoms with Crippen molar-refractivity contribution >= 4 is 21.6 Å². The summed E-state index contributed by atoms with van der Waals surface area (Å²) in [6.07, 6.45) is 0.982. The predicted molar refractivity (Wildman–Crippen MR) is 100 cm³/mol. The molecule has 0 spiro atoms. The van der Waals surface area contributed by atoms with Crippen LogP contribution in [0.25, 0.3) is 0 Å². The lowest BCUT2D eigenvalue weighted by Crippen LogP contribution is -2.22. The van der Waals surface area contributed by atoms with Crippen LogP contribution in [0.1, 0.15) is 23.1 Å². The molecule has 0 atom stereocenters. The smallest absolute Gasteiger partial charge is 0.242 e. The Balaban J connectivity index is 2.10. The molecule has 2 aromatic carbocycles. The van der Waals surface area contributed by atoms with Gasteiger partial charge in [-0.3, -0.25) is 4.79 Å². The van der Waals surface area contributed by atoms with Gasteiger partial charge in [0.2, 0.25) is 15.9 Å². The van der Waals surface area contributed by atoms with E-state index in [1.165, 1.54) is 20.2 Å². The van der Waals surface area contributed by atoms with Crippen molar-refractivity contribution in [3.63, 3.8) is 0 Å². The standard InChI is InChI=1S/C19H24N2O3S/c1-14-6-5-7-16(12-14)9-11-19(22)20-18-13-17(10-8-15(18)2)25(23,24)21(3)4/h5-8,10,12-13H,9,11H2,1-4H3,(H,20,22). The lowest BCUT2D eigenvalue weighted by atomic mass is 10.1. The van der Waals surface area contributed by atoms with E-state index >= 15 is 0 Å². The highest BCUT2D eigenvalue weighted by atomic mass is 32.2. The van der Waals surface area contributed by atoms with Gasteiger partial charge in [0.15, 0.2) is 0 Å². The molecule has 0 aliphatic carbocycles. The fraction of sp³-hybridized carbons (Fsp3) is 0.316. The second-order valence-corrected chi connectivity index (χ2v) is 8.45. The molecule has 0 heterocycles. The first kappa shape index (κ1) is 19.1. The van der Waals surface area contributed by atoms with Crippen LogP contribution in [0.5, 0.6) is 0 Å². The molecule has 25 heavy (non-hydrogen) atoms. The van der Waals surface area contributed by atoms with Crippen LogP contribution in [0.4, 0.5) is 5.69 Å². The Morgan fingerprint density at radius 2 is 1.80 bits per heavy atom. The molecule has 0 radical (unpaired) electrons. The van der Waals surface area contributed by atoms with Crippen molar-refractivity contribution in [1.82, 2.24) is 4.31 Å². The van der Waals surface area contributed by atoms with Gasteiger partial charge in [-0.05, 0) is 43.5 Å². The van der Waals surface area contributed by atoms with Gasteiger partial charge in [0, 0.05) is 26.2 Å². The molecule has 1 N–H and O–H groups in total. The van der Waals surface area contributed by atoms with Crippen molar-refractivity contribution in [3.05, 3.63) is 59.2 Å². The molecule has 2 rings (SSSR count). The summed E-state index contributed by atoms with van der Waals surface area (Å²) in [5.74, 6) is -0.135. The van der Waals surface area contributed by atoms with Gasteiger partial charge >= 0.3 is 0 Å². The highest BCUT2D eigenvalue weighted by molar-refractivity contribution is 7.89. The summed E-state index contributed by atoms with van der Waals surface area (Å²) in [5, 5.41) is 2.82. The van der Waals surface area contributed by atoms with E-state index in [1.54, 1.807) is 12.1 Å². The third-order valence-electron chi connectivity index (χ3n) is 3.98. The summed E-state index contributed by atoms with van der Waals surface area (Å²) < 4.78 is 25.6. The SMILES string of the molecule is Cc1cccc(CCC(=O)Nc2cc(S(=O)(=O)N(C)C)ccc2C)c1. The van der Waals surface area contributed by atoms with E-state index in [4.69, 9.17) is 0 Å². The van der Waals surface area contributed by atoms with Crippen molar-refractivity contribution in [1.29, 1.82) is 0 Å². The average molecular weight is 360 g/mol. The second-order valence-electron chi connectivity index (χ2n) is 6.30. The molecule has 6 heteroatoms. The molecule has 5 nitrogen and oxygen atoms in total. The number of sulfonamides is 1. The van der Waals surface area contributed by atoms with Crippen LogP contribution in [0.15, 0.2) is 47.4 Å². The molecule has 0 aliphatic heterocycles. The number of aryl methyl sites for hydroxylation is 3. The molecule has 0 unspecified atom stereocenters. The topological polar surface area (TPSA) is 66.5 Å². The number of nitrogens with one attached hydrogen (secondary N) is 1. The summed E-state index contributed by atoms with van der Waals surface area (Å²) in [4.78, 5) is 12.4. The molecule has 0 aromatic heterocycles. The number of carbonyl (C=O) groups is 1. The largest absolute Gasteiger partial charge is 0.326 e. The van der Waals surface area contributed by atoms with Crippen molar-refractivity contribution in [2.24, 2.45) is 0 Å². The van der Waals surface area contributed by atoms with Gasteiger partial charge in [-0.15, -0.1) is 0 Å². The van der Waals surface area contributed by atoms with Crippen LogP contribution in [0.3, 0.4) is 0 Å². The fourth-order valence-corrected chi connectivity index (χ4v) is 3.37. The number of nitrogens with zero attached hydrogens (tertiary/aromatic N) is 1. The Bertz CT molecular complexity index is 874. The normalized spacial score (nSPS) is 11.6.